The number of aryl methyl sites for hydroxylation is 1. The lowest BCUT2D eigenvalue weighted by Gasteiger charge is -2.23. The molecule has 0 saturated carbocycles. The average Bonchev–Trinajstić information content (AvgIpc) is 2.53. The van der Waals surface area contributed by atoms with Gasteiger partial charge in [-0.1, -0.05) is 6.92 Å². The largest absolute Gasteiger partial charge is 0.382 e. The Balaban J connectivity index is 2.87. The Morgan fingerprint density at radius 3 is 2.17 bits per heavy atom. The van der Waals surface area contributed by atoms with E-state index in [0.29, 0.717) is 26.4 Å². The Labute approximate surface area is 137 Å². The first-order chi connectivity index (χ1) is 11.1. The molecule has 23 heavy (non-hydrogen) atoms. The number of nitrogens with one attached hydrogen (secondary N) is 1. The van der Waals surface area contributed by atoms with Crippen LogP contribution < -0.4 is 10.5 Å². The first-order valence-corrected chi connectivity index (χ1v) is 7.56. The quantitative estimate of drug-likeness (QED) is 0.496. The van der Waals surface area contributed by atoms with E-state index in [4.69, 9.17) is 19.1 Å². The molecule has 0 atom stereocenters. The molecule has 0 aliphatic carbocycles. The lowest BCUT2D eigenvalue weighted by atomic mass is 10.1. The number of hydrogen-bond donors (Lipinski definition) is 1. The van der Waals surface area contributed by atoms with E-state index in [1.165, 1.54) is 12.2 Å². The van der Waals surface area contributed by atoms with Gasteiger partial charge in [0, 0.05) is 26.8 Å². The second kappa shape index (κ2) is 11.0. The molecule has 0 aliphatic heterocycles. The third-order valence-electron chi connectivity index (χ3n) is 2.98. The fourth-order valence-corrected chi connectivity index (χ4v) is 1.89. The molecule has 130 valence electrons. The first-order valence-electron chi connectivity index (χ1n) is 7.56. The van der Waals surface area contributed by atoms with Crippen molar-refractivity contribution in [3.8, 4) is 0 Å². The van der Waals surface area contributed by atoms with Crippen molar-refractivity contribution in [3.05, 3.63) is 23.8 Å². The van der Waals surface area contributed by atoms with E-state index in [9.17, 15) is 4.79 Å². The number of nitrogens with zero attached hydrogens (tertiary/aromatic N) is 1. The molecule has 1 N–H and O–H groups in total. The van der Waals surface area contributed by atoms with Gasteiger partial charge in [-0.15, -0.1) is 5.23 Å². The van der Waals surface area contributed by atoms with Gasteiger partial charge in [-0.05, 0) is 30.2 Å². The molecule has 1 amide bonds. The van der Waals surface area contributed by atoms with Crippen molar-refractivity contribution in [3.63, 3.8) is 0 Å². The minimum Gasteiger partial charge on any atom is -0.382 e. The van der Waals surface area contributed by atoms with E-state index in [1.807, 2.05) is 25.1 Å². The van der Waals surface area contributed by atoms with Crippen molar-refractivity contribution >= 4 is 17.3 Å². The van der Waals surface area contributed by atoms with Gasteiger partial charge in [-0.25, -0.2) is 9.68 Å². The summed E-state index contributed by atoms with van der Waals surface area (Å²) in [7, 11) is 3.22. The molecule has 0 unspecified atom stereocenters. The van der Waals surface area contributed by atoms with Gasteiger partial charge in [0.15, 0.2) is 0 Å². The molecule has 0 heterocycles. The van der Waals surface area contributed by atoms with Gasteiger partial charge in [-0.3, -0.25) is 4.79 Å². The van der Waals surface area contributed by atoms with Crippen molar-refractivity contribution in [1.82, 2.24) is 0 Å². The maximum Gasteiger partial charge on any atom is 0.221 e. The number of rotatable bonds is 11. The van der Waals surface area contributed by atoms with E-state index >= 15 is 0 Å². The lowest BCUT2D eigenvalue weighted by Crippen LogP contribution is -2.27. The fourth-order valence-electron chi connectivity index (χ4n) is 1.89. The summed E-state index contributed by atoms with van der Waals surface area (Å²) in [4.78, 5) is 22.4. The van der Waals surface area contributed by atoms with Crippen LogP contribution in [0.2, 0.25) is 0 Å². The normalized spacial score (nSPS) is 10.6. The van der Waals surface area contributed by atoms with Gasteiger partial charge >= 0.3 is 0 Å². The van der Waals surface area contributed by atoms with Crippen LogP contribution in [0.25, 0.3) is 0 Å². The molecule has 0 fully saturated rings. The summed E-state index contributed by atoms with van der Waals surface area (Å²) in [5.74, 6) is -0.100. The zero-order chi connectivity index (χ0) is 17.1. The monoisotopic (exact) mass is 326 g/mol. The van der Waals surface area contributed by atoms with Gasteiger partial charge in [0.1, 0.15) is 13.2 Å². The number of benzene rings is 1. The van der Waals surface area contributed by atoms with Crippen molar-refractivity contribution in [2.45, 2.75) is 20.3 Å². The van der Waals surface area contributed by atoms with Gasteiger partial charge < -0.3 is 14.8 Å². The number of hydrogen-bond acceptors (Lipinski definition) is 6. The predicted molar refractivity (Wildman–Crippen MR) is 88.3 cm³/mol. The minimum atomic E-state index is -0.100. The molecule has 1 aromatic rings. The highest BCUT2D eigenvalue weighted by Gasteiger charge is 2.12. The molecule has 1 rings (SSSR count). The fraction of sp³-hybridized carbons (Fsp3) is 0.562. The van der Waals surface area contributed by atoms with Crippen LogP contribution in [0.5, 0.6) is 0 Å². The number of carbonyl (C=O) groups excluding carboxylic acids is 1. The van der Waals surface area contributed by atoms with Crippen LogP contribution in [0.4, 0.5) is 11.4 Å². The van der Waals surface area contributed by atoms with Crippen LogP contribution in [0.15, 0.2) is 18.2 Å². The van der Waals surface area contributed by atoms with Crippen LogP contribution in [0, 0.1) is 0 Å². The van der Waals surface area contributed by atoms with E-state index in [0.717, 1.165) is 23.4 Å². The number of methoxy groups -OCH3 is 2. The molecule has 0 aromatic heterocycles. The zero-order valence-electron chi connectivity index (χ0n) is 14.3. The molecular weight excluding hydrogens is 300 g/mol. The van der Waals surface area contributed by atoms with E-state index in [2.05, 4.69) is 5.32 Å². The highest BCUT2D eigenvalue weighted by Crippen LogP contribution is 2.24. The second-order valence-electron chi connectivity index (χ2n) is 4.79. The third kappa shape index (κ3) is 6.96. The Morgan fingerprint density at radius 2 is 1.70 bits per heavy atom. The Morgan fingerprint density at radius 1 is 1.09 bits per heavy atom. The Hall–Kier alpha value is -1.67. The van der Waals surface area contributed by atoms with Crippen LogP contribution in [0.1, 0.15) is 19.4 Å². The summed E-state index contributed by atoms with van der Waals surface area (Å²) < 4.78 is 9.96. The van der Waals surface area contributed by atoms with E-state index < -0.39 is 0 Å². The molecule has 1 aromatic carbocycles. The Kier molecular flexibility index (Phi) is 9.23. The summed E-state index contributed by atoms with van der Waals surface area (Å²) in [6.07, 6.45) is 0.771. The van der Waals surface area contributed by atoms with Crippen molar-refractivity contribution < 1.29 is 23.9 Å². The first kappa shape index (κ1) is 19.4. The summed E-state index contributed by atoms with van der Waals surface area (Å²) in [5, 5.41) is 4.17. The van der Waals surface area contributed by atoms with Crippen LogP contribution in [-0.4, -0.2) is 46.6 Å². The topological polar surface area (TPSA) is 69.3 Å². The zero-order valence-corrected chi connectivity index (χ0v) is 14.3. The standard InChI is InChI=1S/C16H26N2O5/c1-5-14-12-15(6-7-16(14)17-13(2)19)18(22-10-8-20-3)23-11-9-21-4/h6-7,12H,5,8-11H2,1-4H3,(H,17,19). The maximum atomic E-state index is 11.3. The third-order valence-corrected chi connectivity index (χ3v) is 2.98. The highest BCUT2D eigenvalue weighted by atomic mass is 17.0. The van der Waals surface area contributed by atoms with Crippen LogP contribution in [-0.2, 0) is 30.4 Å². The van der Waals surface area contributed by atoms with Crippen molar-refractivity contribution in [2.24, 2.45) is 0 Å². The van der Waals surface area contributed by atoms with Gasteiger partial charge in [0.05, 0.1) is 18.9 Å². The molecule has 7 nitrogen and oxygen atoms in total. The molecule has 0 spiro atoms. The minimum absolute atomic E-state index is 0.100. The lowest BCUT2D eigenvalue weighted by molar-refractivity contribution is -0.114. The van der Waals surface area contributed by atoms with Crippen LogP contribution >= 0.6 is 0 Å². The molecular formula is C16H26N2O5. The molecule has 7 heteroatoms. The average molecular weight is 326 g/mol. The summed E-state index contributed by atoms with van der Waals surface area (Å²) in [5.41, 5.74) is 2.52. The second-order valence-corrected chi connectivity index (χ2v) is 4.79. The van der Waals surface area contributed by atoms with Crippen LogP contribution in [0.3, 0.4) is 0 Å². The molecule has 0 aliphatic rings. The number of ether oxygens (including phenoxy) is 2. The number of amides is 1. The Bertz CT molecular complexity index is 472. The van der Waals surface area contributed by atoms with Crippen molar-refractivity contribution in [1.29, 1.82) is 0 Å². The van der Waals surface area contributed by atoms with Gasteiger partial charge in [-0.2, -0.15) is 0 Å². The predicted octanol–water partition coefficient (Wildman–Crippen LogP) is 2.17. The molecule has 0 radical (unpaired) electrons. The number of carbonyl (C=O) groups is 1. The smallest absolute Gasteiger partial charge is 0.221 e. The summed E-state index contributed by atoms with van der Waals surface area (Å²) in [6, 6.07) is 5.58. The van der Waals surface area contributed by atoms with Gasteiger partial charge in [0.25, 0.3) is 0 Å². The van der Waals surface area contributed by atoms with E-state index in [1.54, 1.807) is 14.2 Å². The SMILES string of the molecule is CCc1cc(N(OCCOC)OCCOC)ccc1NC(C)=O. The van der Waals surface area contributed by atoms with E-state index in [-0.39, 0.29) is 5.91 Å². The van der Waals surface area contributed by atoms with Crippen molar-refractivity contribution in [2.75, 3.05) is 51.2 Å². The summed E-state index contributed by atoms with van der Waals surface area (Å²) >= 11 is 0. The van der Waals surface area contributed by atoms with Gasteiger partial charge in [0.2, 0.25) is 5.91 Å². The highest BCUT2D eigenvalue weighted by molar-refractivity contribution is 5.89. The molecule has 0 saturated heterocycles. The maximum absolute atomic E-state index is 11.3. The summed E-state index contributed by atoms with van der Waals surface area (Å²) in [6.45, 7) is 5.13. The number of anilines is 2. The molecule has 0 bridgehead atoms.